The molecule has 12 heteroatoms. The Hall–Kier alpha value is -3.51. The van der Waals surface area contributed by atoms with Crippen LogP contribution in [0.4, 0.5) is 11.4 Å². The third-order valence-corrected chi connectivity index (χ3v) is 5.39. The van der Waals surface area contributed by atoms with Crippen molar-refractivity contribution in [2.45, 2.75) is 57.8 Å². The van der Waals surface area contributed by atoms with E-state index in [2.05, 4.69) is 10.6 Å². The van der Waals surface area contributed by atoms with Gasteiger partial charge in [-0.3, -0.25) is 9.59 Å². The first-order valence-electron chi connectivity index (χ1n) is 13.4. The van der Waals surface area contributed by atoms with Gasteiger partial charge in [-0.05, 0) is 93.5 Å². The van der Waals surface area contributed by atoms with Crippen molar-refractivity contribution in [1.29, 1.82) is 0 Å². The Morgan fingerprint density at radius 1 is 0.675 bits per heavy atom. The lowest BCUT2D eigenvalue weighted by molar-refractivity contribution is -0.122. The van der Waals surface area contributed by atoms with Gasteiger partial charge in [0.15, 0.2) is 0 Å². The van der Waals surface area contributed by atoms with E-state index >= 15 is 0 Å². The van der Waals surface area contributed by atoms with Crippen LogP contribution < -0.4 is 31.6 Å². The van der Waals surface area contributed by atoms with Gasteiger partial charge in [-0.1, -0.05) is 0 Å². The van der Waals surface area contributed by atoms with E-state index in [0.29, 0.717) is 51.8 Å². The fourth-order valence-corrected chi connectivity index (χ4v) is 3.36. The molecule has 2 rings (SSSR count). The third-order valence-electron chi connectivity index (χ3n) is 5.39. The Morgan fingerprint density at radius 3 is 1.38 bits per heavy atom. The summed E-state index contributed by atoms with van der Waals surface area (Å²) in [5, 5.41) is 5.83. The van der Waals surface area contributed by atoms with Crippen molar-refractivity contribution in [3.05, 3.63) is 48.5 Å². The predicted molar refractivity (Wildman–Crippen MR) is 156 cm³/mol. The number of benzene rings is 2. The smallest absolute Gasteiger partial charge is 0.220 e. The lowest BCUT2D eigenvalue weighted by atomic mass is 10.2. The number of unbranched alkanes of at least 4 members (excludes halogenated alkanes) is 4. The standard InChI is InChI=1S/C27H40N4O4.CH4O3S/c28-22-10-14-24(15-11-22)34-20-5-1-3-18-30-26(32)8-7-9-27(33)31-19-4-2-6-21-35-25-16-12-23(29)13-17-25;1-5(2,3)4/h10-17H,1-9,18-21,28-29H2,(H,30,32)(H,31,33);1H3,(H,2,3,4)/p-1. The molecule has 0 bridgehead atoms. The highest BCUT2D eigenvalue weighted by Crippen LogP contribution is 2.14. The summed E-state index contributed by atoms with van der Waals surface area (Å²) in [6.07, 6.45) is 7.52. The molecule has 0 aliphatic rings. The maximum atomic E-state index is 11.9. The van der Waals surface area contributed by atoms with E-state index < -0.39 is 10.1 Å². The van der Waals surface area contributed by atoms with Crippen molar-refractivity contribution in [2.24, 2.45) is 0 Å². The van der Waals surface area contributed by atoms with Crippen molar-refractivity contribution < 1.29 is 32.0 Å². The molecule has 6 N–H and O–H groups in total. The lowest BCUT2D eigenvalue weighted by Gasteiger charge is -2.08. The zero-order valence-corrected chi connectivity index (χ0v) is 24.0. The lowest BCUT2D eigenvalue weighted by Crippen LogP contribution is -2.26. The van der Waals surface area contributed by atoms with Crippen LogP contribution in [0.5, 0.6) is 11.5 Å². The number of hydrogen-bond donors (Lipinski definition) is 4. The van der Waals surface area contributed by atoms with Gasteiger partial charge in [0.25, 0.3) is 0 Å². The molecule has 2 aromatic rings. The number of hydrogen-bond acceptors (Lipinski definition) is 9. The molecular weight excluding hydrogens is 536 g/mol. The molecule has 0 radical (unpaired) electrons. The van der Waals surface area contributed by atoms with E-state index in [-0.39, 0.29) is 11.8 Å². The van der Waals surface area contributed by atoms with Crippen LogP contribution in [0.2, 0.25) is 0 Å². The summed E-state index contributed by atoms with van der Waals surface area (Å²) in [5.74, 6) is 1.63. The summed E-state index contributed by atoms with van der Waals surface area (Å²) in [4.78, 5) is 23.8. The largest absolute Gasteiger partial charge is 0.748 e. The van der Waals surface area contributed by atoms with Gasteiger partial charge in [-0.25, -0.2) is 8.42 Å². The molecule has 0 aromatic heterocycles. The number of nitrogens with one attached hydrogen (secondary N) is 2. The first-order chi connectivity index (χ1) is 19.0. The Balaban J connectivity index is 0.00000146. The Kier molecular flexibility index (Phi) is 17.6. The van der Waals surface area contributed by atoms with Gasteiger partial charge >= 0.3 is 0 Å². The highest BCUT2D eigenvalue weighted by Gasteiger charge is 2.05. The predicted octanol–water partition coefficient (Wildman–Crippen LogP) is 3.21. The first kappa shape index (κ1) is 34.5. The topological polar surface area (TPSA) is 186 Å². The first-order valence-corrected chi connectivity index (χ1v) is 15.3. The fraction of sp³-hybridized carbons (Fsp3) is 0.500. The summed E-state index contributed by atoms with van der Waals surface area (Å²) in [6.45, 7) is 2.58. The molecule has 0 heterocycles. The normalized spacial score (nSPS) is 10.7. The average molecular weight is 580 g/mol. The number of nitrogens with two attached hydrogens (primary N) is 2. The van der Waals surface area contributed by atoms with Crippen LogP contribution in [-0.4, -0.2) is 57.3 Å². The summed E-state index contributed by atoms with van der Waals surface area (Å²) < 4.78 is 38.5. The van der Waals surface area contributed by atoms with E-state index in [1.54, 1.807) is 0 Å². The van der Waals surface area contributed by atoms with Crippen molar-refractivity contribution >= 4 is 33.3 Å². The molecule has 0 aliphatic carbocycles. The fourth-order valence-electron chi connectivity index (χ4n) is 3.36. The molecule has 0 aliphatic heterocycles. The molecule has 0 fully saturated rings. The molecule has 0 atom stereocenters. The Labute approximate surface area is 237 Å². The highest BCUT2D eigenvalue weighted by molar-refractivity contribution is 7.84. The maximum Gasteiger partial charge on any atom is 0.220 e. The molecule has 40 heavy (non-hydrogen) atoms. The van der Waals surface area contributed by atoms with E-state index in [9.17, 15) is 9.59 Å². The van der Waals surface area contributed by atoms with Crippen LogP contribution in [-0.2, 0) is 19.7 Å². The summed E-state index contributed by atoms with van der Waals surface area (Å²) in [7, 11) is -3.92. The number of ether oxygens (including phenoxy) is 2. The minimum Gasteiger partial charge on any atom is -0.748 e. The van der Waals surface area contributed by atoms with Crippen LogP contribution in [0.3, 0.4) is 0 Å². The number of rotatable bonds is 18. The molecule has 0 spiro atoms. The zero-order chi connectivity index (χ0) is 29.6. The summed E-state index contributed by atoms with van der Waals surface area (Å²) in [6, 6.07) is 14.7. The van der Waals surface area contributed by atoms with Crippen molar-refractivity contribution in [2.75, 3.05) is 44.0 Å². The van der Waals surface area contributed by atoms with E-state index in [1.165, 1.54) is 0 Å². The third kappa shape index (κ3) is 21.4. The molecular formula is C28H43N4O7S-. The minimum atomic E-state index is -3.92. The van der Waals surface area contributed by atoms with Gasteiger partial charge in [-0.15, -0.1) is 0 Å². The molecule has 0 unspecified atom stereocenters. The quantitative estimate of drug-likeness (QED) is 0.117. The van der Waals surface area contributed by atoms with Crippen molar-refractivity contribution in [1.82, 2.24) is 10.6 Å². The number of amides is 2. The van der Waals surface area contributed by atoms with Gasteiger partial charge in [0.05, 0.1) is 23.3 Å². The number of carbonyl (C=O) groups excluding carboxylic acids is 2. The van der Waals surface area contributed by atoms with Crippen LogP contribution in [0.1, 0.15) is 57.8 Å². The van der Waals surface area contributed by atoms with E-state index in [0.717, 1.165) is 61.4 Å². The van der Waals surface area contributed by atoms with Crippen LogP contribution >= 0.6 is 0 Å². The molecule has 0 saturated carbocycles. The number of carbonyl (C=O) groups is 2. The van der Waals surface area contributed by atoms with Gasteiger partial charge in [-0.2, -0.15) is 0 Å². The second-order valence-corrected chi connectivity index (χ2v) is 10.6. The maximum absolute atomic E-state index is 11.9. The SMILES string of the molecule is CS(=O)(=O)[O-].Nc1ccc(OCCCCCNC(=O)CCCC(=O)NCCCCCOc2ccc(N)cc2)cc1. The number of nitrogen functional groups attached to an aromatic ring is 2. The summed E-state index contributed by atoms with van der Waals surface area (Å²) in [5.41, 5.74) is 12.7. The van der Waals surface area contributed by atoms with E-state index in [1.807, 2.05) is 48.5 Å². The van der Waals surface area contributed by atoms with Crippen molar-refractivity contribution in [3.8, 4) is 11.5 Å². The van der Waals surface area contributed by atoms with Crippen LogP contribution in [0.25, 0.3) is 0 Å². The van der Waals surface area contributed by atoms with Gasteiger partial charge in [0.1, 0.15) is 11.5 Å². The molecule has 0 saturated heterocycles. The Bertz CT molecular complexity index is 999. The second kappa shape index (κ2) is 20.4. The highest BCUT2D eigenvalue weighted by atomic mass is 32.2. The molecule has 11 nitrogen and oxygen atoms in total. The second-order valence-electron chi connectivity index (χ2n) is 9.21. The minimum absolute atomic E-state index is 0.00275. The molecule has 224 valence electrons. The monoisotopic (exact) mass is 579 g/mol. The Morgan fingerprint density at radius 2 is 1.02 bits per heavy atom. The molecule has 2 amide bonds. The average Bonchev–Trinajstić information content (AvgIpc) is 2.88. The van der Waals surface area contributed by atoms with Gasteiger partial charge in [0, 0.05) is 43.6 Å². The summed E-state index contributed by atoms with van der Waals surface area (Å²) >= 11 is 0. The van der Waals surface area contributed by atoms with Crippen molar-refractivity contribution in [3.63, 3.8) is 0 Å². The number of anilines is 2. The van der Waals surface area contributed by atoms with E-state index in [4.69, 9.17) is 33.9 Å². The van der Waals surface area contributed by atoms with Crippen LogP contribution in [0, 0.1) is 0 Å². The zero-order valence-electron chi connectivity index (χ0n) is 23.2. The molecule has 2 aromatic carbocycles. The van der Waals surface area contributed by atoms with Crippen LogP contribution in [0.15, 0.2) is 48.5 Å². The van der Waals surface area contributed by atoms with Gasteiger partial charge < -0.3 is 36.1 Å². The van der Waals surface area contributed by atoms with Gasteiger partial charge in [0.2, 0.25) is 11.8 Å².